The molecule has 3 N–H and O–H groups in total. The Morgan fingerprint density at radius 2 is 2.33 bits per heavy atom. The van der Waals surface area contributed by atoms with Crippen LogP contribution < -0.4 is 21.3 Å². The van der Waals surface area contributed by atoms with Crippen LogP contribution in [0, 0.1) is 5.82 Å². The average molecular weight is 267 g/mol. The number of benzene rings is 1. The van der Waals surface area contributed by atoms with Gasteiger partial charge in [0, 0.05) is 17.7 Å². The van der Waals surface area contributed by atoms with E-state index < -0.39 is 5.82 Å². The Balaban J connectivity index is 2.97. The minimum atomic E-state index is -0.444. The molecule has 0 radical (unpaired) electrons. The second-order valence-electron chi connectivity index (χ2n) is 3.21. The summed E-state index contributed by atoms with van der Waals surface area (Å²) in [5, 5.41) is 0.619. The van der Waals surface area contributed by atoms with Crippen LogP contribution in [-0.4, -0.2) is 5.90 Å². The van der Waals surface area contributed by atoms with E-state index in [1.165, 1.54) is 18.5 Å². The summed E-state index contributed by atoms with van der Waals surface area (Å²) in [4.78, 5) is 3.99. The van der Waals surface area contributed by atoms with Crippen molar-refractivity contribution in [2.45, 2.75) is 6.92 Å². The minimum Gasteiger partial charge on any atom is -0.435 e. The van der Waals surface area contributed by atoms with Gasteiger partial charge >= 0.3 is 0 Å². The summed E-state index contributed by atoms with van der Waals surface area (Å²) in [6.07, 6.45) is 6.21. The maximum atomic E-state index is 13.6. The molecule has 1 atom stereocenters. The molecule has 0 spiro atoms. The molecule has 1 rings (SSSR count). The number of ether oxygens (including phenoxy) is 1. The van der Waals surface area contributed by atoms with Crippen LogP contribution in [0.3, 0.4) is 0 Å². The fourth-order valence-electron chi connectivity index (χ4n) is 1.14. The predicted octanol–water partition coefficient (Wildman–Crippen LogP) is 1.61. The van der Waals surface area contributed by atoms with Gasteiger partial charge in [-0.15, -0.1) is 9.24 Å². The van der Waals surface area contributed by atoms with Crippen molar-refractivity contribution in [3.63, 3.8) is 0 Å². The Kier molecular flexibility index (Phi) is 6.05. The van der Waals surface area contributed by atoms with E-state index in [0.29, 0.717) is 5.30 Å². The molecular weight excluding hydrogens is 252 g/mol. The lowest BCUT2D eigenvalue weighted by Gasteiger charge is -2.08. The first-order valence-corrected chi connectivity index (χ1v) is 5.80. The van der Waals surface area contributed by atoms with Crippen molar-refractivity contribution in [3.8, 4) is 5.75 Å². The van der Waals surface area contributed by atoms with Gasteiger partial charge in [0.05, 0.1) is 0 Å². The van der Waals surface area contributed by atoms with Crippen molar-refractivity contribution < 1.29 is 9.13 Å². The smallest absolute Gasteiger partial charge is 0.219 e. The predicted molar refractivity (Wildman–Crippen MR) is 75.1 cm³/mol. The second kappa shape index (κ2) is 7.58. The number of nitrogens with two attached hydrogens (primary N) is 1. The third kappa shape index (κ3) is 4.28. The lowest BCUT2D eigenvalue weighted by molar-refractivity contribution is 0.498. The highest BCUT2D eigenvalue weighted by Gasteiger charge is 2.08. The molecule has 1 unspecified atom stereocenters. The summed E-state index contributed by atoms with van der Waals surface area (Å²) in [7, 11) is 2.41. The van der Waals surface area contributed by atoms with Gasteiger partial charge in [0.15, 0.2) is 11.6 Å². The molecule has 0 saturated heterocycles. The van der Waals surface area contributed by atoms with E-state index in [1.54, 1.807) is 24.3 Å². The number of aliphatic imine (C=N–C) groups is 1. The van der Waals surface area contributed by atoms with Gasteiger partial charge in [-0.25, -0.2) is 9.38 Å². The monoisotopic (exact) mass is 267 g/mol. The standard InChI is InChI=1S/C12H15FN3OP/c1-2-4-11(15-7-8-16-14)17-12-9(13)5-3-6-10(12)18/h2-8,16H,14,18H2,1H3/b4-2+,8-7+,15-11-. The summed E-state index contributed by atoms with van der Waals surface area (Å²) in [6, 6.07) is 4.66. The van der Waals surface area contributed by atoms with Crippen molar-refractivity contribution in [1.29, 1.82) is 0 Å². The minimum absolute atomic E-state index is 0.133. The molecule has 0 heterocycles. The van der Waals surface area contributed by atoms with Crippen molar-refractivity contribution in [2.75, 3.05) is 0 Å². The third-order valence-electron chi connectivity index (χ3n) is 1.89. The van der Waals surface area contributed by atoms with Gasteiger partial charge in [-0.1, -0.05) is 18.2 Å². The van der Waals surface area contributed by atoms with Gasteiger partial charge in [-0.3, -0.25) is 5.84 Å². The van der Waals surface area contributed by atoms with Gasteiger partial charge in [0.2, 0.25) is 5.90 Å². The van der Waals surface area contributed by atoms with Crippen LogP contribution in [0.1, 0.15) is 6.92 Å². The summed E-state index contributed by atoms with van der Waals surface area (Å²) in [5.74, 6) is 5.01. The Bertz CT molecular complexity index is 466. The molecule has 0 aliphatic rings. The van der Waals surface area contributed by atoms with E-state index in [0.717, 1.165) is 0 Å². The molecule has 18 heavy (non-hydrogen) atoms. The first-order chi connectivity index (χ1) is 8.69. The van der Waals surface area contributed by atoms with E-state index >= 15 is 0 Å². The van der Waals surface area contributed by atoms with E-state index in [-0.39, 0.29) is 11.6 Å². The zero-order valence-electron chi connectivity index (χ0n) is 9.93. The van der Waals surface area contributed by atoms with Gasteiger partial charge in [-0.2, -0.15) is 0 Å². The van der Waals surface area contributed by atoms with Gasteiger partial charge in [-0.05, 0) is 19.1 Å². The molecule has 0 amide bonds. The van der Waals surface area contributed by atoms with Crippen molar-refractivity contribution in [2.24, 2.45) is 10.8 Å². The summed E-state index contributed by atoms with van der Waals surface area (Å²) >= 11 is 0. The Morgan fingerprint density at radius 3 is 2.94 bits per heavy atom. The molecular formula is C12H15FN3OP. The van der Waals surface area contributed by atoms with Gasteiger partial charge in [0.25, 0.3) is 0 Å². The molecule has 1 aromatic carbocycles. The van der Waals surface area contributed by atoms with Crippen LogP contribution in [0.4, 0.5) is 4.39 Å². The maximum absolute atomic E-state index is 13.6. The molecule has 96 valence electrons. The van der Waals surface area contributed by atoms with Crippen LogP contribution in [-0.2, 0) is 0 Å². The molecule has 4 nitrogen and oxygen atoms in total. The zero-order valence-corrected chi connectivity index (χ0v) is 11.1. The van der Waals surface area contributed by atoms with E-state index in [4.69, 9.17) is 10.6 Å². The molecule has 0 fully saturated rings. The first-order valence-electron chi connectivity index (χ1n) is 5.22. The SMILES string of the molecule is C/C=C/C(=N/C=C/NN)Oc1c(F)cccc1P. The van der Waals surface area contributed by atoms with Crippen molar-refractivity contribution in [1.82, 2.24) is 5.43 Å². The summed E-state index contributed by atoms with van der Waals surface area (Å²) < 4.78 is 19.0. The number of nitrogens with one attached hydrogen (secondary N) is 1. The molecule has 0 aliphatic heterocycles. The Morgan fingerprint density at radius 1 is 1.56 bits per heavy atom. The van der Waals surface area contributed by atoms with Crippen LogP contribution >= 0.6 is 9.24 Å². The molecule has 0 bridgehead atoms. The van der Waals surface area contributed by atoms with Gasteiger partial charge < -0.3 is 10.2 Å². The van der Waals surface area contributed by atoms with E-state index in [1.807, 2.05) is 6.92 Å². The number of hydrogen-bond donors (Lipinski definition) is 2. The number of hydrogen-bond acceptors (Lipinski definition) is 4. The maximum Gasteiger partial charge on any atom is 0.219 e. The van der Waals surface area contributed by atoms with Crippen molar-refractivity contribution >= 4 is 20.4 Å². The number of rotatable bonds is 4. The topological polar surface area (TPSA) is 59.6 Å². The molecule has 1 aromatic rings. The normalized spacial score (nSPS) is 12.3. The number of halogens is 1. The average Bonchev–Trinajstić information content (AvgIpc) is 2.34. The highest BCUT2D eigenvalue weighted by Crippen LogP contribution is 2.16. The number of para-hydroxylation sites is 1. The van der Waals surface area contributed by atoms with Gasteiger partial charge in [0.1, 0.15) is 0 Å². The Hall–Kier alpha value is -1.71. The largest absolute Gasteiger partial charge is 0.435 e. The van der Waals surface area contributed by atoms with Crippen LogP contribution in [0.25, 0.3) is 0 Å². The number of hydrazine groups is 1. The number of allylic oxidation sites excluding steroid dienone is 1. The van der Waals surface area contributed by atoms with E-state index in [9.17, 15) is 4.39 Å². The fraction of sp³-hybridized carbons (Fsp3) is 0.0833. The van der Waals surface area contributed by atoms with Crippen LogP contribution in [0.2, 0.25) is 0 Å². The molecule has 0 aromatic heterocycles. The lowest BCUT2D eigenvalue weighted by Crippen LogP contribution is -2.13. The molecule has 0 saturated carbocycles. The fourth-order valence-corrected chi connectivity index (χ4v) is 1.45. The third-order valence-corrected chi connectivity index (χ3v) is 2.34. The van der Waals surface area contributed by atoms with Crippen molar-refractivity contribution in [3.05, 3.63) is 48.6 Å². The van der Waals surface area contributed by atoms with E-state index in [2.05, 4.69) is 19.7 Å². The lowest BCUT2D eigenvalue weighted by atomic mass is 10.3. The Labute approximate surface area is 108 Å². The summed E-state index contributed by atoms with van der Waals surface area (Å²) in [5.41, 5.74) is 2.31. The highest BCUT2D eigenvalue weighted by atomic mass is 31.0. The molecule has 6 heteroatoms. The second-order valence-corrected chi connectivity index (χ2v) is 3.83. The summed E-state index contributed by atoms with van der Waals surface area (Å²) in [6.45, 7) is 1.81. The first kappa shape index (κ1) is 14.4. The zero-order chi connectivity index (χ0) is 13.4. The molecule has 0 aliphatic carbocycles. The van der Waals surface area contributed by atoms with Crippen LogP contribution in [0.15, 0.2) is 47.7 Å². The highest BCUT2D eigenvalue weighted by molar-refractivity contribution is 7.27. The quantitative estimate of drug-likeness (QED) is 0.286. The van der Waals surface area contributed by atoms with Crippen LogP contribution in [0.5, 0.6) is 5.75 Å². The number of nitrogens with zero attached hydrogens (tertiary/aromatic N) is 1.